The molecule has 0 atom stereocenters. The van der Waals surface area contributed by atoms with Crippen LogP contribution in [0, 0.1) is 5.41 Å². The van der Waals surface area contributed by atoms with Gasteiger partial charge in [-0.3, -0.25) is 9.69 Å². The summed E-state index contributed by atoms with van der Waals surface area (Å²) in [5.41, 5.74) is 0.799. The Morgan fingerprint density at radius 1 is 0.967 bits per heavy atom. The Kier molecular flexibility index (Phi) is 11.2. The number of hydrogen-bond acceptors (Lipinski definition) is 6. The van der Waals surface area contributed by atoms with Gasteiger partial charge in [0.15, 0.2) is 0 Å². The lowest BCUT2D eigenvalue weighted by Gasteiger charge is -2.42. The van der Waals surface area contributed by atoms with Gasteiger partial charge in [-0.05, 0) is 43.6 Å². The second-order valence-electron chi connectivity index (χ2n) is 7.75. The SMILES string of the molecule is COCC1(C(=O)N2CCN(Cc3cc(OC)cc(OC)c3)CC2)CCNCC1.Cl.Cl. The first-order chi connectivity index (χ1) is 13.6. The van der Waals surface area contributed by atoms with Gasteiger partial charge in [-0.15, -0.1) is 24.8 Å². The van der Waals surface area contributed by atoms with Crippen LogP contribution in [-0.4, -0.2) is 82.9 Å². The fourth-order valence-corrected chi connectivity index (χ4v) is 4.26. The van der Waals surface area contributed by atoms with Gasteiger partial charge in [-0.1, -0.05) is 0 Å². The summed E-state index contributed by atoms with van der Waals surface area (Å²) in [5.74, 6) is 1.87. The quantitative estimate of drug-likeness (QED) is 0.668. The molecule has 1 aromatic rings. The molecule has 0 saturated carbocycles. The molecule has 0 unspecified atom stereocenters. The molecule has 1 N–H and O–H groups in total. The first kappa shape index (κ1) is 26.8. The molecule has 1 aromatic carbocycles. The van der Waals surface area contributed by atoms with Gasteiger partial charge in [0.05, 0.1) is 26.2 Å². The molecule has 172 valence electrons. The lowest BCUT2D eigenvalue weighted by molar-refractivity contribution is -0.149. The lowest BCUT2D eigenvalue weighted by atomic mass is 9.78. The molecule has 2 aliphatic rings. The zero-order valence-corrected chi connectivity index (χ0v) is 19.8. The number of rotatable bonds is 7. The maximum atomic E-state index is 13.3. The predicted octanol–water partition coefficient (Wildman–Crippen LogP) is 2.21. The van der Waals surface area contributed by atoms with Crippen LogP contribution in [0.3, 0.4) is 0 Å². The van der Waals surface area contributed by atoms with E-state index in [-0.39, 0.29) is 36.1 Å². The standard InChI is InChI=1S/C21H33N3O4.2ClH/c1-26-16-21(4-6-22-7-5-21)20(25)24-10-8-23(9-11-24)15-17-12-18(27-2)14-19(13-17)28-3;;/h12-14,22H,4-11,15-16H2,1-3H3;2*1H. The number of piperidine rings is 1. The molecule has 9 heteroatoms. The summed E-state index contributed by atoms with van der Waals surface area (Å²) in [5, 5.41) is 3.35. The van der Waals surface area contributed by atoms with Crippen LogP contribution < -0.4 is 14.8 Å². The number of carbonyl (C=O) groups excluding carboxylic acids is 1. The lowest BCUT2D eigenvalue weighted by Crippen LogP contribution is -2.56. The average Bonchev–Trinajstić information content (AvgIpc) is 2.74. The van der Waals surface area contributed by atoms with Gasteiger partial charge in [0.2, 0.25) is 5.91 Å². The summed E-state index contributed by atoms with van der Waals surface area (Å²) < 4.78 is 16.2. The van der Waals surface area contributed by atoms with Gasteiger partial charge in [-0.2, -0.15) is 0 Å². The first-order valence-corrected chi connectivity index (χ1v) is 10.0. The monoisotopic (exact) mass is 463 g/mol. The van der Waals surface area contributed by atoms with Crippen molar-refractivity contribution in [1.29, 1.82) is 0 Å². The number of benzene rings is 1. The van der Waals surface area contributed by atoms with Crippen LogP contribution in [-0.2, 0) is 16.1 Å². The molecular weight excluding hydrogens is 429 g/mol. The highest BCUT2D eigenvalue weighted by Gasteiger charge is 2.42. The number of halogens is 2. The van der Waals surface area contributed by atoms with Crippen molar-refractivity contribution in [2.24, 2.45) is 5.41 Å². The highest BCUT2D eigenvalue weighted by atomic mass is 35.5. The molecule has 0 spiro atoms. The second kappa shape index (κ2) is 12.6. The van der Waals surface area contributed by atoms with E-state index in [9.17, 15) is 4.79 Å². The molecular formula is C21H35Cl2N3O4. The normalized spacial score (nSPS) is 18.7. The third-order valence-electron chi connectivity index (χ3n) is 5.91. The van der Waals surface area contributed by atoms with Crippen molar-refractivity contribution in [3.8, 4) is 11.5 Å². The van der Waals surface area contributed by atoms with Crippen LogP contribution in [0.4, 0.5) is 0 Å². The molecule has 30 heavy (non-hydrogen) atoms. The Morgan fingerprint density at radius 3 is 2.03 bits per heavy atom. The number of nitrogens with one attached hydrogen (secondary N) is 1. The van der Waals surface area contributed by atoms with Crippen molar-refractivity contribution in [3.63, 3.8) is 0 Å². The van der Waals surface area contributed by atoms with E-state index in [4.69, 9.17) is 14.2 Å². The number of methoxy groups -OCH3 is 3. The summed E-state index contributed by atoms with van der Waals surface area (Å²) in [6, 6.07) is 5.97. The van der Waals surface area contributed by atoms with Crippen LogP contribution in [0.15, 0.2) is 18.2 Å². The smallest absolute Gasteiger partial charge is 0.231 e. The fraction of sp³-hybridized carbons (Fsp3) is 0.667. The number of piperazine rings is 1. The van der Waals surface area contributed by atoms with E-state index in [2.05, 4.69) is 10.2 Å². The van der Waals surface area contributed by atoms with Crippen LogP contribution >= 0.6 is 24.8 Å². The molecule has 1 amide bonds. The number of carbonyl (C=O) groups is 1. The largest absolute Gasteiger partial charge is 0.497 e. The van der Waals surface area contributed by atoms with Gasteiger partial charge in [0.25, 0.3) is 0 Å². The fourth-order valence-electron chi connectivity index (χ4n) is 4.26. The molecule has 3 rings (SSSR count). The van der Waals surface area contributed by atoms with Gasteiger partial charge < -0.3 is 24.4 Å². The van der Waals surface area contributed by atoms with Gasteiger partial charge in [0, 0.05) is 45.9 Å². The Morgan fingerprint density at radius 2 is 1.53 bits per heavy atom. The van der Waals surface area contributed by atoms with Crippen molar-refractivity contribution < 1.29 is 19.0 Å². The predicted molar refractivity (Wildman–Crippen MR) is 122 cm³/mol. The highest BCUT2D eigenvalue weighted by Crippen LogP contribution is 2.32. The van der Waals surface area contributed by atoms with Crippen LogP contribution in [0.2, 0.25) is 0 Å². The summed E-state index contributed by atoms with van der Waals surface area (Å²) in [6.45, 7) is 6.36. The number of amides is 1. The molecule has 7 nitrogen and oxygen atoms in total. The van der Waals surface area contributed by atoms with E-state index in [1.807, 2.05) is 23.1 Å². The zero-order chi connectivity index (χ0) is 20.0. The van der Waals surface area contributed by atoms with E-state index in [0.29, 0.717) is 6.61 Å². The molecule has 0 aliphatic carbocycles. The van der Waals surface area contributed by atoms with Crippen LogP contribution in [0.25, 0.3) is 0 Å². The van der Waals surface area contributed by atoms with Gasteiger partial charge >= 0.3 is 0 Å². The van der Waals surface area contributed by atoms with Crippen LogP contribution in [0.1, 0.15) is 18.4 Å². The molecule has 2 fully saturated rings. The zero-order valence-electron chi connectivity index (χ0n) is 18.1. The summed E-state index contributed by atoms with van der Waals surface area (Å²) >= 11 is 0. The molecule has 2 saturated heterocycles. The Labute approximate surface area is 192 Å². The second-order valence-corrected chi connectivity index (χ2v) is 7.75. The summed E-state index contributed by atoms with van der Waals surface area (Å²) in [4.78, 5) is 17.7. The first-order valence-electron chi connectivity index (χ1n) is 10.0. The molecule has 0 bridgehead atoms. The Bertz CT molecular complexity index is 636. The van der Waals surface area contributed by atoms with Gasteiger partial charge in [0.1, 0.15) is 11.5 Å². The number of hydrogen-bond donors (Lipinski definition) is 1. The molecule has 2 aliphatic heterocycles. The van der Waals surface area contributed by atoms with E-state index in [0.717, 1.165) is 75.7 Å². The third-order valence-corrected chi connectivity index (χ3v) is 5.91. The Balaban J connectivity index is 0.00000225. The molecule has 0 radical (unpaired) electrons. The topological polar surface area (TPSA) is 63.3 Å². The van der Waals surface area contributed by atoms with Crippen molar-refractivity contribution in [1.82, 2.24) is 15.1 Å². The van der Waals surface area contributed by atoms with E-state index in [1.54, 1.807) is 21.3 Å². The van der Waals surface area contributed by atoms with E-state index < -0.39 is 0 Å². The van der Waals surface area contributed by atoms with Gasteiger partial charge in [-0.25, -0.2) is 0 Å². The Hall–Kier alpha value is -1.25. The minimum absolute atomic E-state index is 0. The minimum Gasteiger partial charge on any atom is -0.497 e. The average molecular weight is 464 g/mol. The van der Waals surface area contributed by atoms with Crippen molar-refractivity contribution in [3.05, 3.63) is 23.8 Å². The number of ether oxygens (including phenoxy) is 3. The highest BCUT2D eigenvalue weighted by molar-refractivity contribution is 5.85. The maximum Gasteiger partial charge on any atom is 0.231 e. The van der Waals surface area contributed by atoms with Crippen molar-refractivity contribution in [2.45, 2.75) is 19.4 Å². The van der Waals surface area contributed by atoms with Crippen LogP contribution in [0.5, 0.6) is 11.5 Å². The van der Waals surface area contributed by atoms with Crippen molar-refractivity contribution in [2.75, 3.05) is 67.2 Å². The minimum atomic E-state index is -0.359. The molecule has 0 aromatic heterocycles. The summed E-state index contributed by atoms with van der Waals surface area (Å²) in [7, 11) is 5.02. The van der Waals surface area contributed by atoms with E-state index in [1.165, 1.54) is 0 Å². The van der Waals surface area contributed by atoms with Crippen molar-refractivity contribution >= 4 is 30.7 Å². The maximum absolute atomic E-state index is 13.3. The number of nitrogens with zero attached hydrogens (tertiary/aromatic N) is 2. The van der Waals surface area contributed by atoms with E-state index >= 15 is 0 Å². The third kappa shape index (κ3) is 6.37. The summed E-state index contributed by atoms with van der Waals surface area (Å²) in [6.07, 6.45) is 1.70. The molecule has 2 heterocycles.